The zero-order valence-electron chi connectivity index (χ0n) is 13.7. The molecule has 0 aliphatic heterocycles. The molecule has 112 valence electrons. The molecule has 1 N–H and O–H groups in total. The van der Waals surface area contributed by atoms with Gasteiger partial charge in [0.25, 0.3) is 5.91 Å². The van der Waals surface area contributed by atoms with E-state index in [0.717, 1.165) is 6.42 Å². The van der Waals surface area contributed by atoms with Crippen LogP contribution < -0.4 is 10.2 Å². The van der Waals surface area contributed by atoms with Crippen LogP contribution in [0.2, 0.25) is 0 Å². The second-order valence-electron chi connectivity index (χ2n) is 7.34. The van der Waals surface area contributed by atoms with Crippen LogP contribution in [0.4, 0.5) is 5.82 Å². The number of pyridine rings is 1. The zero-order valence-corrected chi connectivity index (χ0v) is 13.7. The third-order valence-corrected chi connectivity index (χ3v) is 2.88. The van der Waals surface area contributed by atoms with Crippen LogP contribution in [-0.4, -0.2) is 30.5 Å². The zero-order chi connectivity index (χ0) is 15.6. The fourth-order valence-electron chi connectivity index (χ4n) is 2.68. The van der Waals surface area contributed by atoms with Gasteiger partial charge >= 0.3 is 0 Å². The Balaban J connectivity index is 2.92. The highest BCUT2D eigenvalue weighted by Crippen LogP contribution is 2.27. The normalized spacial score (nSPS) is 12.2. The van der Waals surface area contributed by atoms with Crippen LogP contribution in [0.5, 0.6) is 0 Å². The van der Waals surface area contributed by atoms with Gasteiger partial charge in [0, 0.05) is 25.8 Å². The molecule has 1 heterocycles. The summed E-state index contributed by atoms with van der Waals surface area (Å²) in [5, 5.41) is 3.12. The van der Waals surface area contributed by atoms with E-state index in [-0.39, 0.29) is 16.9 Å². The fourth-order valence-corrected chi connectivity index (χ4v) is 2.68. The Morgan fingerprint density at radius 3 is 2.35 bits per heavy atom. The van der Waals surface area contributed by atoms with Crippen LogP contribution >= 0.6 is 0 Å². The molecule has 0 saturated carbocycles. The van der Waals surface area contributed by atoms with E-state index < -0.39 is 0 Å². The van der Waals surface area contributed by atoms with Gasteiger partial charge in [0.15, 0.2) is 0 Å². The average molecular weight is 277 g/mol. The first-order valence-electron chi connectivity index (χ1n) is 6.97. The maximum atomic E-state index is 12.5. The van der Waals surface area contributed by atoms with E-state index in [0.29, 0.717) is 11.4 Å². The molecule has 0 unspecified atom stereocenters. The van der Waals surface area contributed by atoms with Crippen molar-refractivity contribution in [2.24, 2.45) is 5.41 Å². The number of carbonyl (C=O) groups excluding carboxylic acids is 1. The molecule has 0 aliphatic carbocycles. The van der Waals surface area contributed by atoms with Crippen LogP contribution in [0, 0.1) is 5.41 Å². The van der Waals surface area contributed by atoms with Crippen molar-refractivity contribution in [3.63, 3.8) is 0 Å². The van der Waals surface area contributed by atoms with Crippen molar-refractivity contribution in [1.29, 1.82) is 0 Å². The lowest BCUT2D eigenvalue weighted by atomic mass is 9.81. The summed E-state index contributed by atoms with van der Waals surface area (Å²) in [6.45, 7) is 10.6. The number of rotatable bonds is 4. The molecule has 4 heteroatoms. The summed E-state index contributed by atoms with van der Waals surface area (Å²) in [5.41, 5.74) is 0.518. The van der Waals surface area contributed by atoms with Gasteiger partial charge in [-0.3, -0.25) is 4.79 Å². The Morgan fingerprint density at radius 2 is 1.85 bits per heavy atom. The van der Waals surface area contributed by atoms with Crippen molar-refractivity contribution in [2.45, 2.75) is 46.6 Å². The first-order chi connectivity index (χ1) is 9.02. The quantitative estimate of drug-likeness (QED) is 0.920. The molecule has 0 spiro atoms. The number of aromatic nitrogens is 1. The van der Waals surface area contributed by atoms with Gasteiger partial charge in [-0.25, -0.2) is 4.98 Å². The highest BCUT2D eigenvalue weighted by molar-refractivity contribution is 5.99. The lowest BCUT2D eigenvalue weighted by molar-refractivity contribution is 0.0891. The molecule has 0 fully saturated rings. The van der Waals surface area contributed by atoms with Crippen LogP contribution in [0.3, 0.4) is 0 Å². The predicted octanol–water partition coefficient (Wildman–Crippen LogP) is 3.09. The minimum Gasteiger partial charge on any atom is -0.362 e. The van der Waals surface area contributed by atoms with Gasteiger partial charge in [0.05, 0.1) is 5.56 Å². The summed E-state index contributed by atoms with van der Waals surface area (Å²) in [5.74, 6) is 0.618. The summed E-state index contributed by atoms with van der Waals surface area (Å²) in [4.78, 5) is 18.6. The molecule has 0 aromatic carbocycles. The van der Waals surface area contributed by atoms with Gasteiger partial charge in [0.1, 0.15) is 5.82 Å². The molecule has 20 heavy (non-hydrogen) atoms. The summed E-state index contributed by atoms with van der Waals surface area (Å²) in [6.07, 6.45) is 2.61. The molecular weight excluding hydrogens is 250 g/mol. The minimum absolute atomic E-state index is 0.0731. The molecule has 1 aromatic heterocycles. The number of hydrogen-bond acceptors (Lipinski definition) is 3. The Morgan fingerprint density at radius 1 is 1.25 bits per heavy atom. The molecule has 0 radical (unpaired) electrons. The van der Waals surface area contributed by atoms with Gasteiger partial charge in [-0.2, -0.15) is 0 Å². The maximum absolute atomic E-state index is 12.5. The second-order valence-corrected chi connectivity index (χ2v) is 7.34. The van der Waals surface area contributed by atoms with Crippen LogP contribution in [0.15, 0.2) is 18.3 Å². The molecule has 0 aliphatic rings. The number of anilines is 1. The summed E-state index contributed by atoms with van der Waals surface area (Å²) in [6, 6.07) is 3.60. The number of nitrogens with zero attached hydrogens (tertiary/aromatic N) is 2. The van der Waals surface area contributed by atoms with E-state index in [4.69, 9.17) is 0 Å². The number of carbonyl (C=O) groups is 1. The van der Waals surface area contributed by atoms with E-state index >= 15 is 0 Å². The maximum Gasteiger partial charge on any atom is 0.255 e. The largest absolute Gasteiger partial charge is 0.362 e. The Kier molecular flexibility index (Phi) is 4.79. The van der Waals surface area contributed by atoms with Crippen LogP contribution in [-0.2, 0) is 0 Å². The monoisotopic (exact) mass is 277 g/mol. The molecule has 0 bridgehead atoms. The highest BCUT2D eigenvalue weighted by atomic mass is 16.1. The third kappa shape index (κ3) is 4.83. The first kappa shape index (κ1) is 16.5. The van der Waals surface area contributed by atoms with Gasteiger partial charge in [0.2, 0.25) is 0 Å². The Hall–Kier alpha value is -1.58. The van der Waals surface area contributed by atoms with Crippen molar-refractivity contribution >= 4 is 11.7 Å². The fraction of sp³-hybridized carbons (Fsp3) is 0.625. The third-order valence-electron chi connectivity index (χ3n) is 2.88. The van der Waals surface area contributed by atoms with Gasteiger partial charge in [-0.05, 0) is 37.8 Å². The van der Waals surface area contributed by atoms with Gasteiger partial charge in [-0.1, -0.05) is 20.8 Å². The standard InChI is InChI=1S/C16H27N3O/c1-15(2,3)11-16(4,5)18-14(20)12-9-8-10-17-13(12)19(6)7/h8-10H,11H2,1-7H3,(H,18,20). The van der Waals surface area contributed by atoms with Crippen LogP contribution in [0.25, 0.3) is 0 Å². The van der Waals surface area contributed by atoms with Crippen LogP contribution in [0.1, 0.15) is 51.4 Å². The van der Waals surface area contributed by atoms with E-state index in [1.807, 2.05) is 25.1 Å². The van der Waals surface area contributed by atoms with Crippen molar-refractivity contribution in [3.05, 3.63) is 23.9 Å². The van der Waals surface area contributed by atoms with E-state index in [9.17, 15) is 4.79 Å². The number of hydrogen-bond donors (Lipinski definition) is 1. The Labute approximate surface area is 122 Å². The molecule has 1 amide bonds. The molecular formula is C16H27N3O. The minimum atomic E-state index is -0.255. The Bertz CT molecular complexity index is 473. The molecule has 4 nitrogen and oxygen atoms in total. The lowest BCUT2D eigenvalue weighted by Crippen LogP contribution is -2.46. The first-order valence-corrected chi connectivity index (χ1v) is 6.97. The predicted molar refractivity (Wildman–Crippen MR) is 84.2 cm³/mol. The van der Waals surface area contributed by atoms with Gasteiger partial charge < -0.3 is 10.2 Å². The lowest BCUT2D eigenvalue weighted by Gasteiger charge is -2.33. The average Bonchev–Trinajstić information content (AvgIpc) is 2.24. The molecule has 0 atom stereocenters. The van der Waals surface area contributed by atoms with Gasteiger partial charge in [-0.15, -0.1) is 0 Å². The summed E-state index contributed by atoms with van der Waals surface area (Å²) in [7, 11) is 3.78. The van der Waals surface area contributed by atoms with E-state index in [2.05, 4.69) is 44.9 Å². The summed E-state index contributed by atoms with van der Waals surface area (Å²) < 4.78 is 0. The molecule has 1 rings (SSSR count). The van der Waals surface area contributed by atoms with E-state index in [1.165, 1.54) is 0 Å². The van der Waals surface area contributed by atoms with Crippen molar-refractivity contribution in [1.82, 2.24) is 10.3 Å². The highest BCUT2D eigenvalue weighted by Gasteiger charge is 2.28. The van der Waals surface area contributed by atoms with Crippen molar-refractivity contribution in [3.8, 4) is 0 Å². The number of nitrogens with one attached hydrogen (secondary N) is 1. The second kappa shape index (κ2) is 5.81. The van der Waals surface area contributed by atoms with E-state index in [1.54, 1.807) is 12.3 Å². The summed E-state index contributed by atoms with van der Waals surface area (Å²) >= 11 is 0. The molecule has 1 aromatic rings. The smallest absolute Gasteiger partial charge is 0.255 e. The number of amides is 1. The van der Waals surface area contributed by atoms with Crippen molar-refractivity contribution in [2.75, 3.05) is 19.0 Å². The topological polar surface area (TPSA) is 45.2 Å². The SMILES string of the molecule is CN(C)c1ncccc1C(=O)NC(C)(C)CC(C)(C)C. The van der Waals surface area contributed by atoms with Crippen molar-refractivity contribution < 1.29 is 4.79 Å². The molecule has 0 saturated heterocycles.